The topological polar surface area (TPSA) is 120 Å². The van der Waals surface area contributed by atoms with Crippen molar-refractivity contribution in [2.45, 2.75) is 36.6 Å². The normalized spacial score (nSPS) is 23.3. The summed E-state index contributed by atoms with van der Waals surface area (Å²) in [6, 6.07) is 7.85. The van der Waals surface area contributed by atoms with Crippen molar-refractivity contribution < 1.29 is 27.2 Å². The minimum atomic E-state index is -3.66. The highest BCUT2D eigenvalue weighted by molar-refractivity contribution is 7.89. The lowest BCUT2D eigenvalue weighted by atomic mass is 9.99. The molecule has 1 aromatic carbocycles. The van der Waals surface area contributed by atoms with Crippen LogP contribution in [0.15, 0.2) is 45.9 Å². The Morgan fingerprint density at radius 2 is 1.82 bits per heavy atom. The van der Waals surface area contributed by atoms with Gasteiger partial charge in [0.05, 0.1) is 11.2 Å². The van der Waals surface area contributed by atoms with Crippen LogP contribution in [0.2, 0.25) is 0 Å². The van der Waals surface area contributed by atoms with Gasteiger partial charge in [0.1, 0.15) is 12.3 Å². The Morgan fingerprint density at radius 3 is 2.53 bits per heavy atom. The van der Waals surface area contributed by atoms with E-state index < -0.39 is 40.0 Å². The fourth-order valence-corrected chi connectivity index (χ4v) is 6.31. The average Bonchev–Trinajstić information content (AvgIpc) is 3.57. The van der Waals surface area contributed by atoms with E-state index >= 15 is 0 Å². The SMILES string of the molecule is C[C@]1(c2ccco2)NC(=O)N(CC(=O)N2CCN(S(=O)(=O)c3ccc4c(c3)CCC4)CC2)C1=O. The number of hydrogen-bond donors (Lipinski definition) is 1. The second kappa shape index (κ2) is 8.24. The molecule has 2 aromatic rings. The first-order valence-corrected chi connectivity index (χ1v) is 12.7. The smallest absolute Gasteiger partial charge is 0.325 e. The molecular formula is C23H26N4O6S. The van der Waals surface area contributed by atoms with E-state index in [1.807, 2.05) is 6.07 Å². The largest absolute Gasteiger partial charge is 0.466 e. The van der Waals surface area contributed by atoms with Gasteiger partial charge in [-0.05, 0) is 61.6 Å². The molecule has 34 heavy (non-hydrogen) atoms. The number of imide groups is 1. The zero-order valence-corrected chi connectivity index (χ0v) is 19.6. The molecule has 0 unspecified atom stereocenters. The molecule has 4 amide bonds. The standard InChI is InChI=1S/C23H26N4O6S/c1-23(19-6-3-13-33-19)21(29)27(22(30)24-23)15-20(28)25-9-11-26(12-10-25)34(31,32)18-8-7-16-4-2-5-17(16)14-18/h3,6-8,13-14H,2,4-5,9-12,15H2,1H3,(H,24,30)/t23-/m1/s1. The van der Waals surface area contributed by atoms with Crippen LogP contribution in [0, 0.1) is 0 Å². The summed E-state index contributed by atoms with van der Waals surface area (Å²) < 4.78 is 32.9. The number of nitrogens with one attached hydrogen (secondary N) is 1. The molecule has 1 aliphatic carbocycles. The third-order valence-corrected chi connectivity index (χ3v) is 8.78. The van der Waals surface area contributed by atoms with Crippen molar-refractivity contribution in [3.05, 3.63) is 53.5 Å². The second-order valence-electron chi connectivity index (χ2n) is 8.99. The van der Waals surface area contributed by atoms with Gasteiger partial charge < -0.3 is 14.6 Å². The Hall–Kier alpha value is -3.18. The third kappa shape index (κ3) is 3.68. The van der Waals surface area contributed by atoms with Crippen LogP contribution in [0.25, 0.3) is 0 Å². The van der Waals surface area contributed by atoms with Crippen LogP contribution >= 0.6 is 0 Å². The van der Waals surface area contributed by atoms with Crippen molar-refractivity contribution >= 4 is 27.9 Å². The average molecular weight is 487 g/mol. The van der Waals surface area contributed by atoms with Crippen molar-refractivity contribution in [3.8, 4) is 0 Å². The van der Waals surface area contributed by atoms with E-state index in [4.69, 9.17) is 4.42 Å². The summed E-state index contributed by atoms with van der Waals surface area (Å²) in [6.07, 6.45) is 4.32. The zero-order valence-electron chi connectivity index (χ0n) is 18.8. The van der Waals surface area contributed by atoms with Gasteiger partial charge >= 0.3 is 6.03 Å². The molecule has 3 aliphatic rings. The number of nitrogens with zero attached hydrogens (tertiary/aromatic N) is 3. The lowest BCUT2D eigenvalue weighted by Crippen LogP contribution is -2.53. The molecule has 1 aromatic heterocycles. The summed E-state index contributed by atoms with van der Waals surface area (Å²) in [7, 11) is -3.66. The number of sulfonamides is 1. The van der Waals surface area contributed by atoms with E-state index in [-0.39, 0.29) is 36.8 Å². The molecular weight excluding hydrogens is 460 g/mol. The number of aryl methyl sites for hydroxylation is 2. The van der Waals surface area contributed by atoms with Crippen LogP contribution in [0.5, 0.6) is 0 Å². The minimum Gasteiger partial charge on any atom is -0.466 e. The van der Waals surface area contributed by atoms with Crippen LogP contribution < -0.4 is 5.32 Å². The summed E-state index contributed by atoms with van der Waals surface area (Å²) in [6.45, 7) is 1.77. The van der Waals surface area contributed by atoms with E-state index in [1.54, 1.807) is 24.3 Å². The van der Waals surface area contributed by atoms with E-state index in [0.717, 1.165) is 29.7 Å². The van der Waals surface area contributed by atoms with Crippen molar-refractivity contribution in [2.75, 3.05) is 32.7 Å². The summed E-state index contributed by atoms with van der Waals surface area (Å²) in [5, 5.41) is 2.59. The summed E-state index contributed by atoms with van der Waals surface area (Å²) in [5.74, 6) is -0.702. The van der Waals surface area contributed by atoms with Gasteiger partial charge in [0, 0.05) is 26.2 Å². The number of carbonyl (C=O) groups is 3. The number of benzene rings is 1. The van der Waals surface area contributed by atoms with Crippen molar-refractivity contribution in [2.24, 2.45) is 0 Å². The van der Waals surface area contributed by atoms with E-state index in [2.05, 4.69) is 5.32 Å². The first-order valence-electron chi connectivity index (χ1n) is 11.3. The first-order chi connectivity index (χ1) is 16.2. The molecule has 1 N–H and O–H groups in total. The monoisotopic (exact) mass is 486 g/mol. The number of furan rings is 1. The Labute approximate surface area is 197 Å². The van der Waals surface area contributed by atoms with Gasteiger partial charge in [-0.2, -0.15) is 4.31 Å². The Balaban J connectivity index is 1.22. The number of urea groups is 1. The van der Waals surface area contributed by atoms with E-state index in [0.29, 0.717) is 0 Å². The van der Waals surface area contributed by atoms with Gasteiger partial charge in [-0.15, -0.1) is 0 Å². The van der Waals surface area contributed by atoms with Gasteiger partial charge in [-0.3, -0.25) is 14.5 Å². The fourth-order valence-electron chi connectivity index (χ4n) is 4.84. The molecule has 2 aliphatic heterocycles. The highest BCUT2D eigenvalue weighted by Gasteiger charge is 2.51. The van der Waals surface area contributed by atoms with E-state index in [9.17, 15) is 22.8 Å². The molecule has 2 fully saturated rings. The lowest BCUT2D eigenvalue weighted by Gasteiger charge is -2.34. The number of rotatable bonds is 5. The molecule has 2 saturated heterocycles. The molecule has 3 heterocycles. The van der Waals surface area contributed by atoms with Crippen LogP contribution in [0.4, 0.5) is 4.79 Å². The molecule has 11 heteroatoms. The number of fused-ring (bicyclic) bond motifs is 1. The summed E-state index contributed by atoms with van der Waals surface area (Å²) >= 11 is 0. The Bertz CT molecular complexity index is 1250. The highest BCUT2D eigenvalue weighted by Crippen LogP contribution is 2.29. The number of piperazine rings is 1. The number of amides is 4. The fraction of sp³-hybridized carbons (Fsp3) is 0.435. The molecule has 0 bridgehead atoms. The quantitative estimate of drug-likeness (QED) is 0.632. The van der Waals surface area contributed by atoms with Crippen LogP contribution in [0.3, 0.4) is 0 Å². The maximum Gasteiger partial charge on any atom is 0.325 e. The molecule has 10 nitrogen and oxygen atoms in total. The summed E-state index contributed by atoms with van der Waals surface area (Å²) in [4.78, 5) is 40.8. The highest BCUT2D eigenvalue weighted by atomic mass is 32.2. The summed E-state index contributed by atoms with van der Waals surface area (Å²) in [5.41, 5.74) is 0.923. The molecule has 0 saturated carbocycles. The molecule has 5 rings (SSSR count). The molecule has 1 atom stereocenters. The van der Waals surface area contributed by atoms with Gasteiger partial charge in [0.15, 0.2) is 5.54 Å². The second-order valence-corrected chi connectivity index (χ2v) is 10.9. The predicted octanol–water partition coefficient (Wildman–Crippen LogP) is 1.07. The van der Waals surface area contributed by atoms with Gasteiger partial charge in [0.2, 0.25) is 15.9 Å². The Morgan fingerprint density at radius 1 is 1.09 bits per heavy atom. The van der Waals surface area contributed by atoms with Crippen molar-refractivity contribution in [3.63, 3.8) is 0 Å². The molecule has 0 radical (unpaired) electrons. The van der Waals surface area contributed by atoms with E-state index in [1.165, 1.54) is 28.0 Å². The minimum absolute atomic E-state index is 0.148. The van der Waals surface area contributed by atoms with Crippen LogP contribution in [-0.4, -0.2) is 73.1 Å². The van der Waals surface area contributed by atoms with Gasteiger partial charge in [0.25, 0.3) is 5.91 Å². The molecule has 0 spiro atoms. The maximum absolute atomic E-state index is 13.1. The van der Waals surface area contributed by atoms with Crippen LogP contribution in [0.1, 0.15) is 30.2 Å². The van der Waals surface area contributed by atoms with Crippen molar-refractivity contribution in [1.29, 1.82) is 0 Å². The van der Waals surface area contributed by atoms with Gasteiger partial charge in [-0.1, -0.05) is 6.07 Å². The molecule has 180 valence electrons. The number of carbonyl (C=O) groups excluding carboxylic acids is 3. The predicted molar refractivity (Wildman–Crippen MR) is 120 cm³/mol. The van der Waals surface area contributed by atoms with Crippen LogP contribution in [-0.2, 0) is 38.0 Å². The number of hydrogen-bond acceptors (Lipinski definition) is 6. The first kappa shape index (κ1) is 22.6. The lowest BCUT2D eigenvalue weighted by molar-refractivity contribution is -0.139. The third-order valence-electron chi connectivity index (χ3n) is 6.88. The maximum atomic E-state index is 13.1. The van der Waals surface area contributed by atoms with Crippen molar-refractivity contribution in [1.82, 2.24) is 19.4 Å². The Kier molecular flexibility index (Phi) is 5.48. The zero-order chi connectivity index (χ0) is 24.1. The van der Waals surface area contributed by atoms with Gasteiger partial charge in [-0.25, -0.2) is 13.2 Å².